The molecule has 0 atom stereocenters. The highest BCUT2D eigenvalue weighted by Crippen LogP contribution is 2.28. The molecule has 3 aromatic carbocycles. The molecule has 0 spiro atoms. The zero-order valence-corrected chi connectivity index (χ0v) is 23.9. The second kappa shape index (κ2) is 13.8. The lowest BCUT2D eigenvalue weighted by atomic mass is 10.1. The normalized spacial score (nSPS) is 10.9. The third-order valence-corrected chi connectivity index (χ3v) is 7.65. The van der Waals surface area contributed by atoms with Gasteiger partial charge in [-0.1, -0.05) is 66.4 Å². The van der Waals surface area contributed by atoms with Crippen LogP contribution in [0.2, 0.25) is 0 Å². The van der Waals surface area contributed by atoms with Crippen LogP contribution in [0.5, 0.6) is 11.5 Å². The summed E-state index contributed by atoms with van der Waals surface area (Å²) in [5.41, 5.74) is 4.55. The molecule has 0 saturated heterocycles. The Morgan fingerprint density at radius 3 is 2.41 bits per heavy atom. The van der Waals surface area contributed by atoms with Crippen LogP contribution in [0.25, 0.3) is 5.69 Å². The summed E-state index contributed by atoms with van der Waals surface area (Å²) < 4.78 is 12.9. The van der Waals surface area contributed by atoms with E-state index in [0.29, 0.717) is 30.9 Å². The van der Waals surface area contributed by atoms with Crippen LogP contribution in [0.1, 0.15) is 35.4 Å². The van der Waals surface area contributed by atoms with Crippen molar-refractivity contribution in [2.45, 2.75) is 37.8 Å². The van der Waals surface area contributed by atoms with Crippen molar-refractivity contribution in [3.8, 4) is 17.2 Å². The largest absolute Gasteiger partial charge is 0.493 e. The maximum Gasteiger partial charge on any atom is 0.222 e. The number of carbonyl (C=O) groups is 1. The SMILES string of the molecule is COc1ccc(CCN(C)C(=O)CCCSc2nnc(Cc3ccccc3)n2-c2ccccc2C)cc1OC. The molecule has 0 bridgehead atoms. The number of benzene rings is 3. The molecule has 0 N–H and O–H groups in total. The first kappa shape index (κ1) is 28.2. The van der Waals surface area contributed by atoms with Crippen LogP contribution in [-0.4, -0.2) is 59.1 Å². The number of aromatic nitrogens is 3. The summed E-state index contributed by atoms with van der Waals surface area (Å²) in [5, 5.41) is 9.93. The van der Waals surface area contributed by atoms with Crippen LogP contribution in [0, 0.1) is 6.92 Å². The first-order valence-corrected chi connectivity index (χ1v) is 14.1. The molecular formula is C31H36N4O3S. The standard InChI is InChI=1S/C31H36N4O3S/c1-23-11-8-9-14-26(23)35-29(22-24-12-6-5-7-13-24)32-33-31(35)39-20-10-15-30(36)34(2)19-18-25-16-17-27(37-3)28(21-25)38-4/h5-9,11-14,16-17,21H,10,15,18-20,22H2,1-4H3. The molecule has 0 aliphatic carbocycles. The molecule has 204 valence electrons. The van der Waals surface area contributed by atoms with E-state index in [2.05, 4.69) is 46.0 Å². The zero-order valence-electron chi connectivity index (χ0n) is 23.1. The van der Waals surface area contributed by atoms with Crippen LogP contribution in [-0.2, 0) is 17.6 Å². The van der Waals surface area contributed by atoms with Gasteiger partial charge in [-0.3, -0.25) is 9.36 Å². The second-order valence-electron chi connectivity index (χ2n) is 9.39. The molecule has 0 radical (unpaired) electrons. The Morgan fingerprint density at radius 2 is 1.67 bits per heavy atom. The molecule has 1 heterocycles. The van der Waals surface area contributed by atoms with Crippen LogP contribution in [0.15, 0.2) is 78.0 Å². The van der Waals surface area contributed by atoms with Gasteiger partial charge in [0.1, 0.15) is 5.82 Å². The van der Waals surface area contributed by atoms with E-state index in [0.717, 1.165) is 40.8 Å². The van der Waals surface area contributed by atoms with E-state index in [1.54, 1.807) is 30.9 Å². The van der Waals surface area contributed by atoms with Gasteiger partial charge >= 0.3 is 0 Å². The molecule has 4 rings (SSSR count). The van der Waals surface area contributed by atoms with Crippen LogP contribution < -0.4 is 9.47 Å². The van der Waals surface area contributed by atoms with Crippen molar-refractivity contribution in [1.29, 1.82) is 0 Å². The first-order chi connectivity index (χ1) is 19.0. The van der Waals surface area contributed by atoms with E-state index in [1.165, 1.54) is 11.1 Å². The summed E-state index contributed by atoms with van der Waals surface area (Å²) in [6, 6.07) is 24.5. The summed E-state index contributed by atoms with van der Waals surface area (Å²) in [6.45, 7) is 2.75. The van der Waals surface area contributed by atoms with Gasteiger partial charge in [0.15, 0.2) is 16.7 Å². The number of amides is 1. The Bertz CT molecular complexity index is 1370. The van der Waals surface area contributed by atoms with Crippen molar-refractivity contribution >= 4 is 17.7 Å². The van der Waals surface area contributed by atoms with E-state index in [1.807, 2.05) is 55.6 Å². The number of aryl methyl sites for hydroxylation is 1. The predicted molar refractivity (Wildman–Crippen MR) is 156 cm³/mol. The number of hydrogen-bond acceptors (Lipinski definition) is 6. The molecule has 4 aromatic rings. The predicted octanol–water partition coefficient (Wildman–Crippen LogP) is 5.76. The highest BCUT2D eigenvalue weighted by atomic mass is 32.2. The summed E-state index contributed by atoms with van der Waals surface area (Å²) in [4.78, 5) is 14.6. The molecule has 0 unspecified atom stereocenters. The smallest absolute Gasteiger partial charge is 0.222 e. The Kier molecular flexibility index (Phi) is 10.0. The fraction of sp³-hybridized carbons (Fsp3) is 0.323. The Morgan fingerprint density at radius 1 is 0.923 bits per heavy atom. The molecule has 0 aliphatic rings. The van der Waals surface area contributed by atoms with Gasteiger partial charge in [0.25, 0.3) is 0 Å². The second-order valence-corrected chi connectivity index (χ2v) is 10.5. The fourth-order valence-corrected chi connectivity index (χ4v) is 5.28. The van der Waals surface area contributed by atoms with Crippen molar-refractivity contribution in [1.82, 2.24) is 19.7 Å². The quantitative estimate of drug-likeness (QED) is 0.158. The van der Waals surface area contributed by atoms with Gasteiger partial charge in [0.2, 0.25) is 5.91 Å². The molecule has 1 aromatic heterocycles. The van der Waals surface area contributed by atoms with Crippen molar-refractivity contribution in [3.63, 3.8) is 0 Å². The van der Waals surface area contributed by atoms with E-state index < -0.39 is 0 Å². The molecular weight excluding hydrogens is 508 g/mol. The summed E-state index contributed by atoms with van der Waals surface area (Å²) in [7, 11) is 5.11. The van der Waals surface area contributed by atoms with Crippen LogP contribution >= 0.6 is 11.8 Å². The number of methoxy groups -OCH3 is 2. The molecule has 8 heteroatoms. The lowest BCUT2D eigenvalue weighted by Crippen LogP contribution is -2.28. The van der Waals surface area contributed by atoms with Crippen molar-refractivity contribution in [2.24, 2.45) is 0 Å². The van der Waals surface area contributed by atoms with Gasteiger partial charge in [0.05, 0.1) is 19.9 Å². The molecule has 7 nitrogen and oxygen atoms in total. The van der Waals surface area contributed by atoms with Gasteiger partial charge in [0, 0.05) is 32.2 Å². The Balaban J connectivity index is 1.33. The Hall–Kier alpha value is -3.78. The monoisotopic (exact) mass is 544 g/mol. The van der Waals surface area contributed by atoms with Gasteiger partial charge in [-0.15, -0.1) is 10.2 Å². The van der Waals surface area contributed by atoms with Crippen LogP contribution in [0.3, 0.4) is 0 Å². The first-order valence-electron chi connectivity index (χ1n) is 13.1. The van der Waals surface area contributed by atoms with Crippen LogP contribution in [0.4, 0.5) is 0 Å². The summed E-state index contributed by atoms with van der Waals surface area (Å²) in [6.07, 6.45) is 2.71. The van der Waals surface area contributed by atoms with Gasteiger partial charge in [-0.05, 0) is 54.7 Å². The minimum Gasteiger partial charge on any atom is -0.493 e. The highest BCUT2D eigenvalue weighted by Gasteiger charge is 2.17. The fourth-order valence-electron chi connectivity index (χ4n) is 4.38. The van der Waals surface area contributed by atoms with Gasteiger partial charge < -0.3 is 14.4 Å². The molecule has 1 amide bonds. The number of rotatable bonds is 13. The lowest BCUT2D eigenvalue weighted by molar-refractivity contribution is -0.129. The molecule has 0 fully saturated rings. The van der Waals surface area contributed by atoms with E-state index >= 15 is 0 Å². The van der Waals surface area contributed by atoms with E-state index in [9.17, 15) is 4.79 Å². The molecule has 39 heavy (non-hydrogen) atoms. The number of thioether (sulfide) groups is 1. The topological polar surface area (TPSA) is 69.5 Å². The number of hydrogen-bond donors (Lipinski definition) is 0. The average Bonchev–Trinajstić information content (AvgIpc) is 3.36. The number of carbonyl (C=O) groups excluding carboxylic acids is 1. The lowest BCUT2D eigenvalue weighted by Gasteiger charge is -2.18. The maximum absolute atomic E-state index is 12.8. The molecule has 0 saturated carbocycles. The number of ether oxygens (including phenoxy) is 2. The van der Waals surface area contributed by atoms with Crippen molar-refractivity contribution in [2.75, 3.05) is 33.6 Å². The summed E-state index contributed by atoms with van der Waals surface area (Å²) >= 11 is 1.65. The van der Waals surface area contributed by atoms with E-state index in [4.69, 9.17) is 9.47 Å². The number of likely N-dealkylation sites (N-methyl/N-ethyl adjacent to an activating group) is 1. The Labute approximate surface area is 235 Å². The minimum absolute atomic E-state index is 0.140. The van der Waals surface area contributed by atoms with Gasteiger partial charge in [-0.25, -0.2) is 0 Å². The van der Waals surface area contributed by atoms with Gasteiger partial charge in [-0.2, -0.15) is 0 Å². The third-order valence-electron chi connectivity index (χ3n) is 6.64. The maximum atomic E-state index is 12.8. The molecule has 0 aliphatic heterocycles. The average molecular weight is 545 g/mol. The zero-order chi connectivity index (χ0) is 27.6. The van der Waals surface area contributed by atoms with Crippen molar-refractivity contribution < 1.29 is 14.3 Å². The number of para-hydroxylation sites is 1. The number of nitrogens with zero attached hydrogens (tertiary/aromatic N) is 4. The third kappa shape index (κ3) is 7.41. The summed E-state index contributed by atoms with van der Waals surface area (Å²) in [5.74, 6) is 3.23. The van der Waals surface area contributed by atoms with E-state index in [-0.39, 0.29) is 5.91 Å². The highest BCUT2D eigenvalue weighted by molar-refractivity contribution is 7.99. The minimum atomic E-state index is 0.140. The van der Waals surface area contributed by atoms with Crippen molar-refractivity contribution in [3.05, 3.63) is 95.3 Å².